The number of thiophene rings is 1. The Morgan fingerprint density at radius 2 is 1.90 bits per heavy atom. The fourth-order valence-corrected chi connectivity index (χ4v) is 6.72. The Labute approximate surface area is 244 Å². The van der Waals surface area contributed by atoms with Crippen LogP contribution in [0.5, 0.6) is 11.5 Å². The standard InChI is InChI=1S/C31H24IN3O3S/c1-37-27-15-20(14-26(32)29(27)38-18-19-10-11-21-6-2-3-7-22(21)12-19)13-23(16-33)30(36)35-31-25(17-34)24-8-4-5-9-28(24)39-31/h2-3,6-7,10-15H,4-5,8-9,18H2,1H3,(H,35,36)/b23-13+. The van der Waals surface area contributed by atoms with Crippen molar-refractivity contribution in [3.63, 3.8) is 0 Å². The predicted octanol–water partition coefficient (Wildman–Crippen LogP) is 7.39. The van der Waals surface area contributed by atoms with Crippen LogP contribution in [0.1, 0.15) is 40.0 Å². The van der Waals surface area contributed by atoms with Crippen LogP contribution in [0.2, 0.25) is 0 Å². The van der Waals surface area contributed by atoms with Crippen LogP contribution >= 0.6 is 33.9 Å². The van der Waals surface area contributed by atoms with E-state index in [-0.39, 0.29) is 5.57 Å². The van der Waals surface area contributed by atoms with Gasteiger partial charge in [0.05, 0.1) is 16.2 Å². The number of aryl methyl sites for hydroxylation is 1. The van der Waals surface area contributed by atoms with Crippen molar-refractivity contribution in [3.8, 4) is 23.6 Å². The number of hydrogen-bond acceptors (Lipinski definition) is 6. The molecule has 3 aromatic carbocycles. The summed E-state index contributed by atoms with van der Waals surface area (Å²) in [6, 6.07) is 22.2. The maximum atomic E-state index is 13.0. The summed E-state index contributed by atoms with van der Waals surface area (Å²) in [5.41, 5.74) is 3.15. The number of rotatable bonds is 7. The number of fused-ring (bicyclic) bond motifs is 2. The number of nitriles is 2. The van der Waals surface area contributed by atoms with Crippen molar-refractivity contribution in [3.05, 3.63) is 90.9 Å². The van der Waals surface area contributed by atoms with Crippen LogP contribution < -0.4 is 14.8 Å². The molecule has 194 valence electrons. The van der Waals surface area contributed by atoms with Gasteiger partial charge in [0.2, 0.25) is 0 Å². The van der Waals surface area contributed by atoms with Crippen molar-refractivity contribution in [2.45, 2.75) is 32.3 Å². The van der Waals surface area contributed by atoms with Gasteiger partial charge in [-0.3, -0.25) is 4.79 Å². The highest BCUT2D eigenvalue weighted by molar-refractivity contribution is 14.1. The summed E-state index contributed by atoms with van der Waals surface area (Å²) in [5.74, 6) is 0.553. The molecule has 1 aliphatic rings. The average molecular weight is 646 g/mol. The monoisotopic (exact) mass is 645 g/mol. The van der Waals surface area contributed by atoms with Crippen LogP contribution in [0.25, 0.3) is 16.8 Å². The zero-order valence-electron chi connectivity index (χ0n) is 21.2. The van der Waals surface area contributed by atoms with Crippen molar-refractivity contribution in [2.75, 3.05) is 12.4 Å². The number of carbonyl (C=O) groups excluding carboxylic acids is 1. The minimum atomic E-state index is -0.543. The quantitative estimate of drug-likeness (QED) is 0.129. The number of methoxy groups -OCH3 is 1. The number of nitrogens with zero attached hydrogens (tertiary/aromatic N) is 2. The van der Waals surface area contributed by atoms with Gasteiger partial charge in [0.1, 0.15) is 29.3 Å². The van der Waals surface area contributed by atoms with Gasteiger partial charge in [-0.25, -0.2) is 0 Å². The van der Waals surface area contributed by atoms with E-state index in [0.717, 1.165) is 50.6 Å². The normalized spacial score (nSPS) is 12.8. The number of anilines is 1. The summed E-state index contributed by atoms with van der Waals surface area (Å²) in [4.78, 5) is 14.2. The molecule has 4 aromatic rings. The van der Waals surface area contributed by atoms with Crippen LogP contribution in [0.3, 0.4) is 0 Å². The van der Waals surface area contributed by atoms with Gasteiger partial charge in [0, 0.05) is 4.88 Å². The number of nitrogens with one attached hydrogen (secondary N) is 1. The van der Waals surface area contributed by atoms with Crippen LogP contribution in [0, 0.1) is 26.2 Å². The third-order valence-electron chi connectivity index (χ3n) is 6.64. The molecule has 1 aromatic heterocycles. The van der Waals surface area contributed by atoms with Gasteiger partial charge in [-0.2, -0.15) is 10.5 Å². The van der Waals surface area contributed by atoms with E-state index in [2.05, 4.69) is 58.2 Å². The summed E-state index contributed by atoms with van der Waals surface area (Å²) in [6.07, 6.45) is 5.40. The fourth-order valence-electron chi connectivity index (χ4n) is 4.71. The molecular weight excluding hydrogens is 621 g/mol. The van der Waals surface area contributed by atoms with Crippen LogP contribution in [0.4, 0.5) is 5.00 Å². The zero-order chi connectivity index (χ0) is 27.4. The minimum Gasteiger partial charge on any atom is -0.493 e. The zero-order valence-corrected chi connectivity index (χ0v) is 24.2. The summed E-state index contributed by atoms with van der Waals surface area (Å²) in [5, 5.41) is 25.1. The Kier molecular flexibility index (Phi) is 8.16. The molecule has 0 fully saturated rings. The van der Waals surface area contributed by atoms with Crippen molar-refractivity contribution < 1.29 is 14.3 Å². The molecule has 1 N–H and O–H groups in total. The van der Waals surface area contributed by atoms with Gasteiger partial charge in [-0.15, -0.1) is 11.3 Å². The lowest BCUT2D eigenvalue weighted by atomic mass is 9.96. The Morgan fingerprint density at radius 3 is 2.67 bits per heavy atom. The summed E-state index contributed by atoms with van der Waals surface area (Å²) in [7, 11) is 1.56. The molecule has 0 bridgehead atoms. The van der Waals surface area contributed by atoms with E-state index in [0.29, 0.717) is 34.2 Å². The number of carbonyl (C=O) groups is 1. The van der Waals surface area contributed by atoms with Gasteiger partial charge >= 0.3 is 0 Å². The maximum absolute atomic E-state index is 13.0. The number of amides is 1. The van der Waals surface area contributed by atoms with Gasteiger partial charge < -0.3 is 14.8 Å². The van der Waals surface area contributed by atoms with Crippen molar-refractivity contribution >= 4 is 61.7 Å². The SMILES string of the molecule is COc1cc(/C=C(\C#N)C(=O)Nc2sc3c(c2C#N)CCCC3)cc(I)c1OCc1ccc2ccccc2c1. The van der Waals surface area contributed by atoms with Crippen LogP contribution in [-0.2, 0) is 24.2 Å². The lowest BCUT2D eigenvalue weighted by molar-refractivity contribution is -0.112. The first-order chi connectivity index (χ1) is 19.0. The summed E-state index contributed by atoms with van der Waals surface area (Å²) < 4.78 is 12.5. The molecule has 0 saturated heterocycles. The molecule has 1 amide bonds. The van der Waals surface area contributed by atoms with E-state index < -0.39 is 5.91 Å². The molecule has 0 atom stereocenters. The van der Waals surface area contributed by atoms with Crippen LogP contribution in [-0.4, -0.2) is 13.0 Å². The third-order valence-corrected chi connectivity index (χ3v) is 8.64. The Bertz CT molecular complexity index is 1690. The molecule has 0 saturated carbocycles. The van der Waals surface area contributed by atoms with E-state index in [1.165, 1.54) is 22.8 Å². The molecule has 1 heterocycles. The molecule has 39 heavy (non-hydrogen) atoms. The largest absolute Gasteiger partial charge is 0.493 e. The topological polar surface area (TPSA) is 95.1 Å². The second kappa shape index (κ2) is 11.9. The van der Waals surface area contributed by atoms with Crippen molar-refractivity contribution in [2.24, 2.45) is 0 Å². The Balaban J connectivity index is 1.35. The lowest BCUT2D eigenvalue weighted by Gasteiger charge is -2.14. The molecule has 8 heteroatoms. The molecule has 0 aliphatic heterocycles. The maximum Gasteiger partial charge on any atom is 0.266 e. The van der Waals surface area contributed by atoms with Crippen LogP contribution in [0.15, 0.2) is 60.2 Å². The fraction of sp³-hybridized carbons (Fsp3) is 0.194. The number of benzene rings is 3. The number of hydrogen-bond donors (Lipinski definition) is 1. The van der Waals surface area contributed by atoms with Gasteiger partial charge in [-0.1, -0.05) is 36.4 Å². The van der Waals surface area contributed by atoms with Gasteiger partial charge in [0.15, 0.2) is 11.5 Å². The highest BCUT2D eigenvalue weighted by Crippen LogP contribution is 2.38. The minimum absolute atomic E-state index is 0.0621. The molecular formula is C31H24IN3O3S. The third kappa shape index (κ3) is 5.78. The smallest absolute Gasteiger partial charge is 0.266 e. The highest BCUT2D eigenvalue weighted by atomic mass is 127. The molecule has 5 rings (SSSR count). The Hall–Kier alpha value is -3.86. The van der Waals surface area contributed by atoms with E-state index in [4.69, 9.17) is 9.47 Å². The Morgan fingerprint density at radius 1 is 1.10 bits per heavy atom. The van der Waals surface area contributed by atoms with E-state index in [1.54, 1.807) is 13.2 Å². The first-order valence-corrected chi connectivity index (χ1v) is 14.4. The first kappa shape index (κ1) is 26.7. The average Bonchev–Trinajstić information content (AvgIpc) is 3.31. The second-order valence-electron chi connectivity index (χ2n) is 9.16. The molecule has 6 nitrogen and oxygen atoms in total. The first-order valence-electron chi connectivity index (χ1n) is 12.5. The highest BCUT2D eigenvalue weighted by Gasteiger charge is 2.23. The lowest BCUT2D eigenvalue weighted by Crippen LogP contribution is -2.13. The molecule has 0 radical (unpaired) electrons. The van der Waals surface area contributed by atoms with E-state index in [1.807, 2.05) is 30.3 Å². The van der Waals surface area contributed by atoms with Gasteiger partial charge in [0.25, 0.3) is 5.91 Å². The number of halogens is 1. The summed E-state index contributed by atoms with van der Waals surface area (Å²) >= 11 is 3.60. The van der Waals surface area contributed by atoms with Crippen molar-refractivity contribution in [1.29, 1.82) is 10.5 Å². The van der Waals surface area contributed by atoms with Gasteiger partial charge in [-0.05, 0) is 100 Å². The molecule has 1 aliphatic carbocycles. The number of ether oxygens (including phenoxy) is 2. The summed E-state index contributed by atoms with van der Waals surface area (Å²) in [6.45, 7) is 0.365. The second-order valence-corrected chi connectivity index (χ2v) is 11.4. The molecule has 0 spiro atoms. The predicted molar refractivity (Wildman–Crippen MR) is 162 cm³/mol. The molecule has 0 unspecified atom stereocenters. The van der Waals surface area contributed by atoms with Crippen molar-refractivity contribution in [1.82, 2.24) is 0 Å². The van der Waals surface area contributed by atoms with E-state index >= 15 is 0 Å². The van der Waals surface area contributed by atoms with E-state index in [9.17, 15) is 15.3 Å².